The summed E-state index contributed by atoms with van der Waals surface area (Å²) in [6, 6.07) is 8.60. The summed E-state index contributed by atoms with van der Waals surface area (Å²) in [6.45, 7) is 2.40. The standard InChI is InChI=1S/C13H20OS/c1-11-3-5-12(6-4-11)9-13(10-14)7-8-15-2/h3-6,13-14H,7-10H2,1-2H3. The Morgan fingerprint density at radius 2 is 1.93 bits per heavy atom. The van der Waals surface area contributed by atoms with Crippen molar-refractivity contribution in [2.45, 2.75) is 19.8 Å². The van der Waals surface area contributed by atoms with Crippen LogP contribution in [0.3, 0.4) is 0 Å². The van der Waals surface area contributed by atoms with Gasteiger partial charge < -0.3 is 5.11 Å². The summed E-state index contributed by atoms with van der Waals surface area (Å²) in [5.74, 6) is 1.55. The molecule has 1 atom stereocenters. The summed E-state index contributed by atoms with van der Waals surface area (Å²) in [6.07, 6.45) is 4.21. The largest absolute Gasteiger partial charge is 0.396 e. The number of aliphatic hydroxyl groups excluding tert-OH is 1. The molecule has 0 aromatic heterocycles. The van der Waals surface area contributed by atoms with Crippen molar-refractivity contribution in [3.05, 3.63) is 35.4 Å². The average molecular weight is 224 g/mol. The lowest BCUT2D eigenvalue weighted by atomic mass is 9.97. The first-order chi connectivity index (χ1) is 7.26. The normalized spacial score (nSPS) is 12.7. The third-order valence-corrected chi connectivity index (χ3v) is 3.28. The van der Waals surface area contributed by atoms with E-state index in [0.29, 0.717) is 12.5 Å². The molecule has 0 heterocycles. The van der Waals surface area contributed by atoms with Crippen molar-refractivity contribution < 1.29 is 5.11 Å². The number of hydrogen-bond acceptors (Lipinski definition) is 2. The Morgan fingerprint density at radius 3 is 2.47 bits per heavy atom. The third-order valence-electron chi connectivity index (χ3n) is 2.63. The fraction of sp³-hybridized carbons (Fsp3) is 0.538. The molecule has 1 aromatic rings. The van der Waals surface area contributed by atoms with Crippen LogP contribution in [0.25, 0.3) is 0 Å². The van der Waals surface area contributed by atoms with Crippen LogP contribution in [0.15, 0.2) is 24.3 Å². The van der Waals surface area contributed by atoms with Crippen LogP contribution < -0.4 is 0 Å². The fourth-order valence-electron chi connectivity index (χ4n) is 1.60. The van der Waals surface area contributed by atoms with Gasteiger partial charge in [0, 0.05) is 6.61 Å². The van der Waals surface area contributed by atoms with Crippen LogP contribution in [-0.2, 0) is 6.42 Å². The van der Waals surface area contributed by atoms with Crippen molar-refractivity contribution in [3.8, 4) is 0 Å². The summed E-state index contributed by atoms with van der Waals surface area (Å²) in [4.78, 5) is 0. The molecule has 1 N–H and O–H groups in total. The van der Waals surface area contributed by atoms with Gasteiger partial charge in [0.05, 0.1) is 0 Å². The van der Waals surface area contributed by atoms with Gasteiger partial charge in [-0.25, -0.2) is 0 Å². The predicted molar refractivity (Wildman–Crippen MR) is 68.5 cm³/mol. The molecule has 0 aliphatic rings. The van der Waals surface area contributed by atoms with E-state index in [1.54, 1.807) is 0 Å². The molecule has 0 amide bonds. The fourth-order valence-corrected chi connectivity index (χ4v) is 2.17. The Bertz CT molecular complexity index is 268. The van der Waals surface area contributed by atoms with Gasteiger partial charge in [-0.3, -0.25) is 0 Å². The van der Waals surface area contributed by atoms with Gasteiger partial charge in [0.15, 0.2) is 0 Å². The highest BCUT2D eigenvalue weighted by Gasteiger charge is 2.07. The lowest BCUT2D eigenvalue weighted by molar-refractivity contribution is 0.223. The van der Waals surface area contributed by atoms with Gasteiger partial charge >= 0.3 is 0 Å². The molecular formula is C13H20OS. The summed E-state index contributed by atoms with van der Waals surface area (Å²) >= 11 is 1.85. The van der Waals surface area contributed by atoms with Crippen LogP contribution in [0.5, 0.6) is 0 Å². The molecule has 0 bridgehead atoms. The highest BCUT2D eigenvalue weighted by molar-refractivity contribution is 7.98. The van der Waals surface area contributed by atoms with E-state index in [2.05, 4.69) is 37.4 Å². The maximum atomic E-state index is 9.26. The maximum absolute atomic E-state index is 9.26. The van der Waals surface area contributed by atoms with Gasteiger partial charge in [-0.2, -0.15) is 11.8 Å². The molecule has 1 rings (SSSR count). The van der Waals surface area contributed by atoms with Crippen LogP contribution in [0.4, 0.5) is 0 Å². The van der Waals surface area contributed by atoms with Crippen LogP contribution in [0.1, 0.15) is 17.5 Å². The SMILES string of the molecule is CSCCC(CO)Cc1ccc(C)cc1. The first-order valence-electron chi connectivity index (χ1n) is 5.41. The third kappa shape index (κ3) is 4.72. The first-order valence-corrected chi connectivity index (χ1v) is 6.81. The Balaban J connectivity index is 2.47. The van der Waals surface area contributed by atoms with Crippen molar-refractivity contribution in [1.82, 2.24) is 0 Å². The van der Waals surface area contributed by atoms with Crippen molar-refractivity contribution in [2.24, 2.45) is 5.92 Å². The quantitative estimate of drug-likeness (QED) is 0.802. The van der Waals surface area contributed by atoms with Crippen LogP contribution in [0, 0.1) is 12.8 Å². The molecule has 0 fully saturated rings. The van der Waals surface area contributed by atoms with Gasteiger partial charge in [0.2, 0.25) is 0 Å². The topological polar surface area (TPSA) is 20.2 Å². The number of rotatable bonds is 6. The van der Waals surface area contributed by atoms with Crippen molar-refractivity contribution in [3.63, 3.8) is 0 Å². The zero-order valence-electron chi connectivity index (χ0n) is 9.57. The minimum absolute atomic E-state index is 0.300. The Hall–Kier alpha value is -0.470. The number of aryl methyl sites for hydroxylation is 1. The van der Waals surface area contributed by atoms with Crippen LogP contribution in [-0.4, -0.2) is 23.7 Å². The van der Waals surface area contributed by atoms with E-state index in [1.165, 1.54) is 11.1 Å². The molecule has 0 saturated heterocycles. The smallest absolute Gasteiger partial charge is 0.0462 e. The van der Waals surface area contributed by atoms with E-state index in [9.17, 15) is 5.11 Å². The summed E-state index contributed by atoms with van der Waals surface area (Å²) < 4.78 is 0. The minimum Gasteiger partial charge on any atom is -0.396 e. The van der Waals surface area contributed by atoms with E-state index < -0.39 is 0 Å². The lowest BCUT2D eigenvalue weighted by Gasteiger charge is -2.13. The van der Waals surface area contributed by atoms with Gasteiger partial charge in [0.1, 0.15) is 0 Å². The predicted octanol–water partition coefficient (Wildman–Crippen LogP) is 2.90. The van der Waals surface area contributed by atoms with Crippen molar-refractivity contribution >= 4 is 11.8 Å². The van der Waals surface area contributed by atoms with E-state index in [1.807, 2.05) is 11.8 Å². The monoisotopic (exact) mass is 224 g/mol. The number of hydrogen-bond donors (Lipinski definition) is 1. The second kappa shape index (κ2) is 6.91. The van der Waals surface area contributed by atoms with Gasteiger partial charge in [-0.15, -0.1) is 0 Å². The maximum Gasteiger partial charge on any atom is 0.0462 e. The van der Waals surface area contributed by atoms with E-state index in [4.69, 9.17) is 0 Å². The van der Waals surface area contributed by atoms with Gasteiger partial charge in [-0.1, -0.05) is 29.8 Å². The van der Waals surface area contributed by atoms with E-state index >= 15 is 0 Å². The molecule has 1 aromatic carbocycles. The molecule has 0 spiro atoms. The molecule has 1 nitrogen and oxygen atoms in total. The summed E-state index contributed by atoms with van der Waals surface area (Å²) in [5.41, 5.74) is 2.63. The zero-order valence-corrected chi connectivity index (χ0v) is 10.4. The number of thioether (sulfide) groups is 1. The summed E-state index contributed by atoms with van der Waals surface area (Å²) in [5, 5.41) is 9.26. The van der Waals surface area contributed by atoms with E-state index in [-0.39, 0.29) is 0 Å². The zero-order chi connectivity index (χ0) is 11.1. The molecule has 15 heavy (non-hydrogen) atoms. The second-order valence-electron chi connectivity index (χ2n) is 4.02. The molecule has 1 unspecified atom stereocenters. The first kappa shape index (κ1) is 12.6. The molecule has 0 aliphatic heterocycles. The van der Waals surface area contributed by atoms with Crippen molar-refractivity contribution in [2.75, 3.05) is 18.6 Å². The van der Waals surface area contributed by atoms with Gasteiger partial charge in [-0.05, 0) is 43.3 Å². The molecule has 2 heteroatoms. The van der Waals surface area contributed by atoms with Crippen LogP contribution in [0.2, 0.25) is 0 Å². The average Bonchev–Trinajstić information content (AvgIpc) is 2.27. The number of aliphatic hydroxyl groups is 1. The molecule has 0 aliphatic carbocycles. The highest BCUT2D eigenvalue weighted by atomic mass is 32.2. The molecular weight excluding hydrogens is 204 g/mol. The Morgan fingerprint density at radius 1 is 1.27 bits per heavy atom. The highest BCUT2D eigenvalue weighted by Crippen LogP contribution is 2.14. The minimum atomic E-state index is 0.300. The Labute approximate surface area is 96.9 Å². The summed E-state index contributed by atoms with van der Waals surface area (Å²) in [7, 11) is 0. The van der Waals surface area contributed by atoms with Crippen LogP contribution >= 0.6 is 11.8 Å². The van der Waals surface area contributed by atoms with Gasteiger partial charge in [0.25, 0.3) is 0 Å². The molecule has 84 valence electrons. The molecule has 0 saturated carbocycles. The van der Waals surface area contributed by atoms with Crippen molar-refractivity contribution in [1.29, 1.82) is 0 Å². The lowest BCUT2D eigenvalue weighted by Crippen LogP contribution is -2.10. The number of benzene rings is 1. The Kier molecular flexibility index (Phi) is 5.81. The second-order valence-corrected chi connectivity index (χ2v) is 5.01. The molecule has 0 radical (unpaired) electrons. The van der Waals surface area contributed by atoms with E-state index in [0.717, 1.165) is 18.6 Å².